The maximum atomic E-state index is 14.5. The highest BCUT2D eigenvalue weighted by atomic mass is 35.5. The lowest BCUT2D eigenvalue weighted by Gasteiger charge is -2.29. The van der Waals surface area contributed by atoms with Crippen LogP contribution in [0.25, 0.3) is 22.4 Å². The van der Waals surface area contributed by atoms with Gasteiger partial charge in [-0.15, -0.1) is 0 Å². The molecule has 0 aromatic carbocycles. The number of carbonyl (C=O) groups is 1. The van der Waals surface area contributed by atoms with Gasteiger partial charge in [0.1, 0.15) is 5.65 Å². The predicted molar refractivity (Wildman–Crippen MR) is 116 cm³/mol. The Morgan fingerprint density at radius 3 is 3.06 bits per heavy atom. The van der Waals surface area contributed by atoms with Crippen molar-refractivity contribution in [3.63, 3.8) is 0 Å². The molecule has 1 saturated carbocycles. The molecule has 0 aliphatic heterocycles. The molecule has 4 rings (SSSR count). The van der Waals surface area contributed by atoms with Crippen molar-refractivity contribution in [3.8, 4) is 11.4 Å². The van der Waals surface area contributed by atoms with Crippen LogP contribution < -0.4 is 10.6 Å². The number of hydrogen-bond donors (Lipinski definition) is 3. The lowest BCUT2D eigenvalue weighted by Crippen LogP contribution is -2.38. The average molecular weight is 447 g/mol. The Bertz CT molecular complexity index is 1080. The number of halogens is 2. The number of nitrogens with zero attached hydrogens (tertiary/aromatic N) is 3. The van der Waals surface area contributed by atoms with E-state index in [1.165, 1.54) is 0 Å². The summed E-state index contributed by atoms with van der Waals surface area (Å²) < 4.78 is 19.5. The molecule has 1 fully saturated rings. The monoisotopic (exact) mass is 446 g/mol. The van der Waals surface area contributed by atoms with Crippen LogP contribution in [0.4, 0.5) is 10.2 Å². The Kier molecular flexibility index (Phi) is 6.62. The number of methoxy groups -OCH3 is 1. The van der Waals surface area contributed by atoms with Crippen LogP contribution in [0.15, 0.2) is 24.7 Å². The number of pyridine rings is 1. The van der Waals surface area contributed by atoms with E-state index < -0.39 is 5.82 Å². The van der Waals surface area contributed by atoms with Crippen LogP contribution >= 0.6 is 11.6 Å². The number of carbonyl (C=O) groups excluding carboxylic acids is 1. The molecule has 10 heteroatoms. The number of aromatic nitrogens is 4. The fourth-order valence-electron chi connectivity index (χ4n) is 3.93. The summed E-state index contributed by atoms with van der Waals surface area (Å²) in [4.78, 5) is 28.2. The molecule has 0 bridgehead atoms. The highest BCUT2D eigenvalue weighted by molar-refractivity contribution is 6.31. The van der Waals surface area contributed by atoms with Crippen molar-refractivity contribution in [3.05, 3.63) is 35.5 Å². The number of aromatic amines is 1. The predicted octanol–water partition coefficient (Wildman–Crippen LogP) is 3.55. The van der Waals surface area contributed by atoms with Gasteiger partial charge in [-0.05, 0) is 25.3 Å². The first kappa shape index (κ1) is 21.5. The number of amides is 1. The van der Waals surface area contributed by atoms with Gasteiger partial charge in [-0.3, -0.25) is 4.79 Å². The maximum absolute atomic E-state index is 14.5. The Morgan fingerprint density at radius 2 is 2.23 bits per heavy atom. The van der Waals surface area contributed by atoms with Crippen molar-refractivity contribution in [1.29, 1.82) is 0 Å². The van der Waals surface area contributed by atoms with Gasteiger partial charge >= 0.3 is 0 Å². The van der Waals surface area contributed by atoms with Crippen molar-refractivity contribution in [2.75, 3.05) is 25.6 Å². The van der Waals surface area contributed by atoms with E-state index in [-0.39, 0.29) is 23.7 Å². The van der Waals surface area contributed by atoms with Crippen molar-refractivity contribution in [2.24, 2.45) is 5.92 Å². The van der Waals surface area contributed by atoms with Crippen molar-refractivity contribution in [2.45, 2.75) is 31.7 Å². The van der Waals surface area contributed by atoms with E-state index in [0.717, 1.165) is 30.8 Å². The van der Waals surface area contributed by atoms with Gasteiger partial charge in [0.25, 0.3) is 0 Å². The molecule has 3 aromatic rings. The molecule has 0 spiro atoms. The molecule has 0 radical (unpaired) electrons. The summed E-state index contributed by atoms with van der Waals surface area (Å²) in [7, 11) is 1.60. The molecule has 1 aliphatic rings. The van der Waals surface area contributed by atoms with E-state index in [2.05, 4.69) is 30.6 Å². The van der Waals surface area contributed by atoms with Crippen LogP contribution in [0.1, 0.15) is 25.7 Å². The van der Waals surface area contributed by atoms with Gasteiger partial charge in [0.2, 0.25) is 5.91 Å². The number of H-pyrrole nitrogens is 1. The number of nitrogens with one attached hydrogen (secondary N) is 3. The Balaban J connectivity index is 1.50. The number of rotatable bonds is 7. The summed E-state index contributed by atoms with van der Waals surface area (Å²) >= 11 is 6.07. The third-order valence-electron chi connectivity index (χ3n) is 5.47. The molecule has 8 nitrogen and oxygen atoms in total. The maximum Gasteiger partial charge on any atom is 0.223 e. The molecule has 0 saturated heterocycles. The Morgan fingerprint density at radius 1 is 1.35 bits per heavy atom. The topological polar surface area (TPSA) is 105 Å². The third kappa shape index (κ3) is 4.94. The Hall–Kier alpha value is -2.78. The molecule has 3 N–H and O–H groups in total. The molecule has 3 aromatic heterocycles. The molecule has 164 valence electrons. The van der Waals surface area contributed by atoms with Crippen molar-refractivity contribution >= 4 is 34.4 Å². The van der Waals surface area contributed by atoms with Crippen LogP contribution in [0.3, 0.4) is 0 Å². The van der Waals surface area contributed by atoms with Crippen molar-refractivity contribution in [1.82, 2.24) is 25.3 Å². The van der Waals surface area contributed by atoms with E-state index in [1.807, 2.05) is 0 Å². The normalized spacial score (nSPS) is 18.8. The van der Waals surface area contributed by atoms with E-state index in [1.54, 1.807) is 25.6 Å². The van der Waals surface area contributed by atoms with E-state index in [0.29, 0.717) is 41.6 Å². The van der Waals surface area contributed by atoms with Gasteiger partial charge in [-0.25, -0.2) is 19.3 Å². The lowest BCUT2D eigenvalue weighted by molar-refractivity contribution is -0.126. The van der Waals surface area contributed by atoms with E-state index in [9.17, 15) is 9.18 Å². The van der Waals surface area contributed by atoms with Crippen LogP contribution in [-0.2, 0) is 9.53 Å². The lowest BCUT2D eigenvalue weighted by atomic mass is 9.85. The molecular weight excluding hydrogens is 423 g/mol. The largest absolute Gasteiger partial charge is 0.383 e. The zero-order valence-electron chi connectivity index (χ0n) is 17.1. The summed E-state index contributed by atoms with van der Waals surface area (Å²) in [5.74, 6) is -0.153. The first-order chi connectivity index (χ1) is 15.0. The zero-order valence-corrected chi connectivity index (χ0v) is 17.9. The molecule has 1 aliphatic carbocycles. The summed E-state index contributed by atoms with van der Waals surface area (Å²) in [6.07, 6.45) is 7.58. The van der Waals surface area contributed by atoms with E-state index >= 15 is 0 Å². The van der Waals surface area contributed by atoms with Crippen LogP contribution in [0.2, 0.25) is 5.02 Å². The fraction of sp³-hybridized carbons (Fsp3) is 0.429. The molecule has 2 atom stereocenters. The number of ether oxygens (including phenoxy) is 1. The van der Waals surface area contributed by atoms with Gasteiger partial charge in [0.05, 0.1) is 17.8 Å². The van der Waals surface area contributed by atoms with Crippen LogP contribution in [0, 0.1) is 11.7 Å². The summed E-state index contributed by atoms with van der Waals surface area (Å²) in [5.41, 5.74) is 1.34. The Labute approximate surface area is 184 Å². The highest BCUT2D eigenvalue weighted by Gasteiger charge is 2.28. The van der Waals surface area contributed by atoms with Gasteiger partial charge in [0, 0.05) is 49.0 Å². The van der Waals surface area contributed by atoms with Gasteiger partial charge in [-0.2, -0.15) is 0 Å². The summed E-state index contributed by atoms with van der Waals surface area (Å²) in [6, 6.07) is 1.71. The first-order valence-corrected chi connectivity index (χ1v) is 10.6. The minimum Gasteiger partial charge on any atom is -0.383 e. The van der Waals surface area contributed by atoms with Crippen LogP contribution in [0.5, 0.6) is 0 Å². The summed E-state index contributed by atoms with van der Waals surface area (Å²) in [5, 5.41) is 7.32. The van der Waals surface area contributed by atoms with Crippen molar-refractivity contribution < 1.29 is 13.9 Å². The molecule has 2 unspecified atom stereocenters. The second-order valence-corrected chi connectivity index (χ2v) is 8.07. The smallest absolute Gasteiger partial charge is 0.223 e. The fourth-order valence-corrected chi connectivity index (χ4v) is 4.09. The molecule has 1 amide bonds. The first-order valence-electron chi connectivity index (χ1n) is 10.2. The molecule has 31 heavy (non-hydrogen) atoms. The number of fused-ring (bicyclic) bond motifs is 1. The number of hydrogen-bond acceptors (Lipinski definition) is 6. The molecular formula is C21H24ClFN6O2. The van der Waals surface area contributed by atoms with E-state index in [4.69, 9.17) is 16.3 Å². The minimum atomic E-state index is -0.536. The van der Waals surface area contributed by atoms with Crippen LogP contribution in [-0.4, -0.2) is 52.1 Å². The minimum absolute atomic E-state index is 0.00979. The third-order valence-corrected chi connectivity index (χ3v) is 5.68. The van der Waals surface area contributed by atoms with Gasteiger partial charge in [0.15, 0.2) is 17.5 Å². The SMILES string of the molecule is COCCNC(=O)C1CCCC(Nc2nc(-c3c[nH]c4ncc(Cl)cc34)ncc2F)C1. The average Bonchev–Trinajstić information content (AvgIpc) is 3.18. The second-order valence-electron chi connectivity index (χ2n) is 7.63. The number of anilines is 1. The zero-order chi connectivity index (χ0) is 21.8. The van der Waals surface area contributed by atoms with Gasteiger partial charge < -0.3 is 20.4 Å². The summed E-state index contributed by atoms with van der Waals surface area (Å²) in [6.45, 7) is 0.959. The second kappa shape index (κ2) is 9.57. The standard InChI is InChI=1S/C21H24ClFN6O2/c1-31-6-5-24-21(30)12-3-2-4-14(7-12)28-20-17(23)11-27-19(29-20)16-10-26-18-15(16)8-13(22)9-25-18/h8-12,14H,2-7H2,1H3,(H,24,30)(H,25,26)(H,27,28,29). The highest BCUT2D eigenvalue weighted by Crippen LogP contribution is 2.30. The molecule has 3 heterocycles. The van der Waals surface area contributed by atoms with Gasteiger partial charge in [-0.1, -0.05) is 18.0 Å². The quantitative estimate of drug-likeness (QED) is 0.479.